The van der Waals surface area contributed by atoms with Crippen LogP contribution in [-0.2, 0) is 4.79 Å². The molecule has 0 aliphatic carbocycles. The number of furan rings is 1. The van der Waals surface area contributed by atoms with Gasteiger partial charge in [-0.1, -0.05) is 19.0 Å². The van der Waals surface area contributed by atoms with Crippen molar-refractivity contribution in [2.45, 2.75) is 40.5 Å². The van der Waals surface area contributed by atoms with Crippen LogP contribution in [0, 0.1) is 13.8 Å². The summed E-state index contributed by atoms with van der Waals surface area (Å²) in [5, 5.41) is 5.11. The zero-order valence-electron chi connectivity index (χ0n) is 17.1. The van der Waals surface area contributed by atoms with Gasteiger partial charge in [-0.2, -0.15) is 0 Å². The summed E-state index contributed by atoms with van der Waals surface area (Å²) in [6, 6.07) is 4.14. The van der Waals surface area contributed by atoms with E-state index >= 15 is 0 Å². The van der Waals surface area contributed by atoms with Gasteiger partial charge in [-0.25, -0.2) is 4.98 Å². The van der Waals surface area contributed by atoms with Crippen LogP contribution >= 0.6 is 0 Å². The molecular formula is C21H26N4O3. The largest absolute Gasteiger partial charge is 0.457 e. The van der Waals surface area contributed by atoms with Crippen LogP contribution in [0.5, 0.6) is 0 Å². The first-order chi connectivity index (χ1) is 13.3. The second kappa shape index (κ2) is 6.96. The second-order valence-electron chi connectivity index (χ2n) is 7.75. The van der Waals surface area contributed by atoms with Crippen LogP contribution in [0.4, 0.5) is 5.82 Å². The average molecular weight is 382 g/mol. The van der Waals surface area contributed by atoms with Gasteiger partial charge in [0, 0.05) is 44.4 Å². The van der Waals surface area contributed by atoms with Crippen LogP contribution in [0.25, 0.3) is 22.2 Å². The third-order valence-electron chi connectivity index (χ3n) is 5.38. The molecule has 0 radical (unpaired) electrons. The summed E-state index contributed by atoms with van der Waals surface area (Å²) in [7, 11) is 0. The normalized spacial score (nSPS) is 15.1. The standard InChI is InChI=1S/C21H26N4O3/c1-12(2)18-11-16-10-17(19-13(3)23-28-14(19)4)22-21(20(16)27-18)25-8-6-24(7-9-25)15(5)26/h10-12H,6-9H2,1-5H3. The highest BCUT2D eigenvalue weighted by molar-refractivity contribution is 5.92. The fourth-order valence-corrected chi connectivity index (χ4v) is 3.76. The maximum atomic E-state index is 11.7. The summed E-state index contributed by atoms with van der Waals surface area (Å²) in [5.41, 5.74) is 3.39. The van der Waals surface area contributed by atoms with Gasteiger partial charge >= 0.3 is 0 Å². The fraction of sp³-hybridized carbons (Fsp3) is 0.476. The lowest BCUT2D eigenvalue weighted by molar-refractivity contribution is -0.129. The Balaban J connectivity index is 1.82. The van der Waals surface area contributed by atoms with Crippen molar-refractivity contribution in [1.82, 2.24) is 15.0 Å². The van der Waals surface area contributed by atoms with Crippen LogP contribution in [0.3, 0.4) is 0 Å². The van der Waals surface area contributed by atoms with E-state index in [2.05, 4.69) is 30.0 Å². The lowest BCUT2D eigenvalue weighted by Gasteiger charge is -2.35. The number of rotatable bonds is 3. The lowest BCUT2D eigenvalue weighted by Crippen LogP contribution is -2.48. The molecule has 1 amide bonds. The van der Waals surface area contributed by atoms with E-state index in [0.29, 0.717) is 13.1 Å². The summed E-state index contributed by atoms with van der Waals surface area (Å²) < 4.78 is 11.6. The molecule has 1 fully saturated rings. The van der Waals surface area contributed by atoms with E-state index in [1.807, 2.05) is 24.8 Å². The van der Waals surface area contributed by atoms with E-state index in [1.165, 1.54) is 0 Å². The quantitative estimate of drug-likeness (QED) is 0.684. The van der Waals surface area contributed by atoms with Crippen molar-refractivity contribution in [2.24, 2.45) is 0 Å². The molecule has 0 unspecified atom stereocenters. The van der Waals surface area contributed by atoms with Crippen LogP contribution in [0.15, 0.2) is 21.1 Å². The molecule has 3 aromatic heterocycles. The first-order valence-electron chi connectivity index (χ1n) is 9.73. The number of pyridine rings is 1. The Bertz CT molecular complexity index is 1010. The van der Waals surface area contributed by atoms with Crippen LogP contribution in [0.2, 0.25) is 0 Å². The number of hydrogen-bond donors (Lipinski definition) is 0. The highest BCUT2D eigenvalue weighted by atomic mass is 16.5. The lowest BCUT2D eigenvalue weighted by atomic mass is 10.1. The first kappa shape index (κ1) is 18.5. The molecule has 0 aromatic carbocycles. The number of aromatic nitrogens is 2. The Morgan fingerprint density at radius 3 is 2.43 bits per heavy atom. The zero-order chi connectivity index (χ0) is 20.0. The van der Waals surface area contributed by atoms with Gasteiger partial charge in [0.05, 0.1) is 17.0 Å². The summed E-state index contributed by atoms with van der Waals surface area (Å²) in [6.45, 7) is 12.5. The van der Waals surface area contributed by atoms with Gasteiger partial charge < -0.3 is 18.7 Å². The molecule has 1 aliphatic heterocycles. The van der Waals surface area contributed by atoms with E-state index in [1.54, 1.807) is 6.92 Å². The smallest absolute Gasteiger partial charge is 0.219 e. The van der Waals surface area contributed by atoms with E-state index in [0.717, 1.165) is 58.3 Å². The van der Waals surface area contributed by atoms with Gasteiger partial charge in [-0.05, 0) is 26.0 Å². The number of nitrogens with zero attached hydrogens (tertiary/aromatic N) is 4. The molecule has 28 heavy (non-hydrogen) atoms. The molecular weight excluding hydrogens is 356 g/mol. The van der Waals surface area contributed by atoms with Crippen molar-refractivity contribution >= 4 is 22.7 Å². The van der Waals surface area contributed by atoms with Crippen LogP contribution in [0.1, 0.15) is 43.9 Å². The van der Waals surface area contributed by atoms with Crippen LogP contribution in [-0.4, -0.2) is 47.1 Å². The molecule has 4 heterocycles. The molecule has 1 saturated heterocycles. The highest BCUT2D eigenvalue weighted by Gasteiger charge is 2.25. The van der Waals surface area contributed by atoms with E-state index in [9.17, 15) is 4.79 Å². The number of anilines is 1. The summed E-state index contributed by atoms with van der Waals surface area (Å²) in [4.78, 5) is 20.7. The van der Waals surface area contributed by atoms with Crippen molar-refractivity contribution in [2.75, 3.05) is 31.1 Å². The predicted octanol–water partition coefficient (Wildman–Crippen LogP) is 3.89. The molecule has 148 valence electrons. The third kappa shape index (κ3) is 3.15. The molecule has 0 spiro atoms. The topological polar surface area (TPSA) is 75.6 Å². The van der Waals surface area contributed by atoms with Gasteiger partial charge in [0.1, 0.15) is 11.5 Å². The molecule has 7 nitrogen and oxygen atoms in total. The molecule has 3 aromatic rings. The predicted molar refractivity (Wildman–Crippen MR) is 108 cm³/mol. The van der Waals surface area contributed by atoms with Crippen molar-refractivity contribution in [3.8, 4) is 11.3 Å². The fourth-order valence-electron chi connectivity index (χ4n) is 3.76. The van der Waals surface area contributed by atoms with E-state index in [4.69, 9.17) is 13.9 Å². The Hall–Kier alpha value is -2.83. The summed E-state index contributed by atoms with van der Waals surface area (Å²) in [6.07, 6.45) is 0. The number of fused-ring (bicyclic) bond motifs is 1. The second-order valence-corrected chi connectivity index (χ2v) is 7.75. The number of amides is 1. The Kier molecular flexibility index (Phi) is 4.61. The zero-order valence-corrected chi connectivity index (χ0v) is 17.1. The van der Waals surface area contributed by atoms with Crippen molar-refractivity contribution in [3.63, 3.8) is 0 Å². The number of hydrogen-bond acceptors (Lipinski definition) is 6. The molecule has 0 N–H and O–H groups in total. The maximum Gasteiger partial charge on any atom is 0.219 e. The Morgan fingerprint density at radius 2 is 1.86 bits per heavy atom. The van der Waals surface area contributed by atoms with E-state index in [-0.39, 0.29) is 11.8 Å². The maximum absolute atomic E-state index is 11.7. The minimum absolute atomic E-state index is 0.113. The molecule has 4 rings (SSSR count). The van der Waals surface area contributed by atoms with Crippen molar-refractivity contribution in [1.29, 1.82) is 0 Å². The SMILES string of the molecule is CC(=O)N1CCN(c2nc(-c3c(C)noc3C)cc3cc(C(C)C)oc23)CC1. The first-order valence-corrected chi connectivity index (χ1v) is 9.73. The van der Waals surface area contributed by atoms with E-state index < -0.39 is 0 Å². The molecule has 1 aliphatic rings. The van der Waals surface area contributed by atoms with Crippen molar-refractivity contribution < 1.29 is 13.7 Å². The monoisotopic (exact) mass is 382 g/mol. The molecule has 0 atom stereocenters. The Labute approximate surface area is 164 Å². The molecule has 0 saturated carbocycles. The number of piperazine rings is 1. The van der Waals surface area contributed by atoms with Gasteiger partial charge in [0.15, 0.2) is 11.4 Å². The summed E-state index contributed by atoms with van der Waals surface area (Å²) >= 11 is 0. The number of carbonyl (C=O) groups excluding carboxylic acids is 1. The molecule has 0 bridgehead atoms. The molecule has 7 heteroatoms. The third-order valence-corrected chi connectivity index (χ3v) is 5.38. The highest BCUT2D eigenvalue weighted by Crippen LogP contribution is 2.36. The minimum atomic E-state index is 0.113. The van der Waals surface area contributed by atoms with Gasteiger partial charge in [-0.15, -0.1) is 0 Å². The van der Waals surface area contributed by atoms with Crippen LogP contribution < -0.4 is 4.90 Å². The number of carbonyl (C=O) groups is 1. The average Bonchev–Trinajstić information content (AvgIpc) is 3.24. The Morgan fingerprint density at radius 1 is 1.14 bits per heavy atom. The summed E-state index contributed by atoms with van der Waals surface area (Å²) in [5.74, 6) is 2.92. The minimum Gasteiger partial charge on any atom is -0.457 e. The van der Waals surface area contributed by atoms with Gasteiger partial charge in [-0.3, -0.25) is 4.79 Å². The van der Waals surface area contributed by atoms with Gasteiger partial charge in [0.25, 0.3) is 0 Å². The number of aryl methyl sites for hydroxylation is 2. The van der Waals surface area contributed by atoms with Crippen molar-refractivity contribution in [3.05, 3.63) is 29.3 Å². The van der Waals surface area contributed by atoms with Gasteiger partial charge in [0.2, 0.25) is 5.91 Å².